The Hall–Kier alpha value is -1.84. The van der Waals surface area contributed by atoms with Crippen LogP contribution in [0.1, 0.15) is 105 Å². The normalized spacial score (nSPS) is 37.7. The van der Waals surface area contributed by atoms with Crippen LogP contribution >= 0.6 is 0 Å². The number of allylic oxidation sites excluding steroid dienone is 1. The van der Waals surface area contributed by atoms with Crippen LogP contribution in [-0.4, -0.2) is 17.2 Å². The highest BCUT2D eigenvalue weighted by atomic mass is 16.6. The van der Waals surface area contributed by atoms with Crippen molar-refractivity contribution < 1.29 is 9.53 Å². The molecule has 0 aliphatic heterocycles. The number of nitrogens with zero attached hydrogens (tertiary/aromatic N) is 1. The van der Waals surface area contributed by atoms with Crippen molar-refractivity contribution in [3.8, 4) is 0 Å². The van der Waals surface area contributed by atoms with Gasteiger partial charge < -0.3 is 4.74 Å². The molecular formula is C33H50N2O2. The molecule has 4 aliphatic rings. The summed E-state index contributed by atoms with van der Waals surface area (Å²) in [5.74, 6) is 5.13. The second-order valence-corrected chi connectivity index (χ2v) is 13.9. The first-order chi connectivity index (χ1) is 17.7. The van der Waals surface area contributed by atoms with Gasteiger partial charge in [-0.05, 0) is 103 Å². The summed E-state index contributed by atoms with van der Waals surface area (Å²) in [6, 6.07) is 3.58. The minimum absolute atomic E-state index is 0.0193. The molecule has 4 heteroatoms. The number of nitrogens with one attached hydrogen (secondary N) is 1. The summed E-state index contributed by atoms with van der Waals surface area (Å²) in [5, 5.41) is 2.86. The zero-order valence-electron chi connectivity index (χ0n) is 24.0. The van der Waals surface area contributed by atoms with Gasteiger partial charge in [-0.1, -0.05) is 65.5 Å². The van der Waals surface area contributed by atoms with Crippen molar-refractivity contribution in [1.82, 2.24) is 4.98 Å². The zero-order chi connectivity index (χ0) is 26.2. The number of carbonyl (C=O) groups excluding carboxylic acids is 1. The van der Waals surface area contributed by atoms with Crippen LogP contribution in [0, 0.1) is 46.3 Å². The molecule has 1 heterocycles. The van der Waals surface area contributed by atoms with Crippen LogP contribution in [-0.2, 0) is 4.74 Å². The molecule has 1 aromatic heterocycles. The van der Waals surface area contributed by atoms with Crippen molar-refractivity contribution in [3.63, 3.8) is 0 Å². The number of ether oxygens (including phenoxy) is 1. The van der Waals surface area contributed by atoms with E-state index in [1.807, 2.05) is 0 Å². The molecule has 8 atom stereocenters. The van der Waals surface area contributed by atoms with Crippen LogP contribution in [0.5, 0.6) is 0 Å². The molecular weight excluding hydrogens is 456 g/mol. The maximum absolute atomic E-state index is 12.5. The summed E-state index contributed by atoms with van der Waals surface area (Å²) in [5.41, 5.74) is 3.12. The number of hydrogen-bond donors (Lipinski definition) is 1. The standard InChI is InChI=1S/C33H50N2O2/c1-22(2)7-6-8-23(3)28-11-12-29-27-10-9-24-21-26(37-31(36)35-25-15-19-34-20-16-25)13-17-32(24,4)30(27)14-18-33(28,29)5/h9,15-16,19-20,22-23,26-30H,6-8,10-14,17-18,21H2,1-5H3,(H,34,35,36)/t23-,26+,27+,28-,29+,30+,32+,33-/m1/s1. The van der Waals surface area contributed by atoms with Crippen LogP contribution in [0.2, 0.25) is 0 Å². The lowest BCUT2D eigenvalue weighted by molar-refractivity contribution is -0.0577. The van der Waals surface area contributed by atoms with E-state index in [9.17, 15) is 4.79 Å². The van der Waals surface area contributed by atoms with Crippen molar-refractivity contribution in [3.05, 3.63) is 36.2 Å². The number of anilines is 1. The summed E-state index contributed by atoms with van der Waals surface area (Å²) in [7, 11) is 0. The molecule has 204 valence electrons. The van der Waals surface area contributed by atoms with Gasteiger partial charge in [0.2, 0.25) is 0 Å². The lowest BCUT2D eigenvalue weighted by atomic mass is 9.47. The molecule has 3 saturated carbocycles. The van der Waals surface area contributed by atoms with E-state index >= 15 is 0 Å². The first kappa shape index (κ1) is 26.8. The minimum atomic E-state index is -0.345. The van der Waals surface area contributed by atoms with Crippen LogP contribution in [0.15, 0.2) is 36.2 Å². The summed E-state index contributed by atoms with van der Waals surface area (Å²) in [4.78, 5) is 16.5. The second-order valence-electron chi connectivity index (χ2n) is 13.9. The third-order valence-electron chi connectivity index (χ3n) is 11.5. The second kappa shape index (κ2) is 10.7. The average molecular weight is 507 g/mol. The molecule has 4 aliphatic carbocycles. The smallest absolute Gasteiger partial charge is 0.411 e. The van der Waals surface area contributed by atoms with Gasteiger partial charge in [0.25, 0.3) is 0 Å². The maximum atomic E-state index is 12.5. The summed E-state index contributed by atoms with van der Waals surface area (Å²) in [6.07, 6.45) is 19.7. The van der Waals surface area contributed by atoms with Crippen LogP contribution < -0.4 is 5.32 Å². The molecule has 0 unspecified atom stereocenters. The highest BCUT2D eigenvalue weighted by Gasteiger charge is 2.59. The Morgan fingerprint density at radius 1 is 1.05 bits per heavy atom. The lowest BCUT2D eigenvalue weighted by Crippen LogP contribution is -2.51. The number of fused-ring (bicyclic) bond motifs is 5. The van der Waals surface area contributed by atoms with E-state index in [1.165, 1.54) is 51.4 Å². The average Bonchev–Trinajstić information content (AvgIpc) is 3.22. The SMILES string of the molecule is CC(C)CCC[C@@H](C)[C@H]1CC[C@H]2[C@@H]3CC=C4C[C@@H](OC(=O)Nc5ccncc5)CC[C@]4(C)[C@H]3CC[C@]12C. The Bertz CT molecular complexity index is 974. The van der Waals surface area contributed by atoms with E-state index in [2.05, 4.69) is 51.0 Å². The van der Waals surface area contributed by atoms with E-state index in [-0.39, 0.29) is 17.6 Å². The third kappa shape index (κ3) is 5.23. The molecule has 0 saturated heterocycles. The molecule has 5 rings (SSSR count). The first-order valence-corrected chi connectivity index (χ1v) is 15.3. The van der Waals surface area contributed by atoms with Crippen molar-refractivity contribution in [2.45, 2.75) is 111 Å². The summed E-state index contributed by atoms with van der Waals surface area (Å²) >= 11 is 0. The maximum Gasteiger partial charge on any atom is 0.411 e. The van der Waals surface area contributed by atoms with E-state index in [1.54, 1.807) is 30.1 Å². The predicted octanol–water partition coefficient (Wildman–Crippen LogP) is 9.04. The number of hydrogen-bond acceptors (Lipinski definition) is 3. The molecule has 0 bridgehead atoms. The highest BCUT2D eigenvalue weighted by Crippen LogP contribution is 2.67. The van der Waals surface area contributed by atoms with Crippen molar-refractivity contribution in [1.29, 1.82) is 0 Å². The Morgan fingerprint density at radius 3 is 2.59 bits per heavy atom. The van der Waals surface area contributed by atoms with Crippen LogP contribution in [0.4, 0.5) is 10.5 Å². The molecule has 1 N–H and O–H groups in total. The number of amides is 1. The van der Waals surface area contributed by atoms with E-state index in [0.29, 0.717) is 5.41 Å². The lowest BCUT2D eigenvalue weighted by Gasteiger charge is -2.58. The molecule has 4 nitrogen and oxygen atoms in total. The largest absolute Gasteiger partial charge is 0.446 e. The van der Waals surface area contributed by atoms with Gasteiger partial charge in [0, 0.05) is 24.5 Å². The molecule has 0 radical (unpaired) electrons. The fourth-order valence-corrected chi connectivity index (χ4v) is 9.49. The molecule has 1 amide bonds. The van der Waals surface area contributed by atoms with Crippen LogP contribution in [0.25, 0.3) is 0 Å². The number of carbonyl (C=O) groups is 1. The fraction of sp³-hybridized carbons (Fsp3) is 0.758. The van der Waals surface area contributed by atoms with Gasteiger partial charge in [-0.25, -0.2) is 4.79 Å². The molecule has 37 heavy (non-hydrogen) atoms. The Balaban J connectivity index is 1.22. The monoisotopic (exact) mass is 506 g/mol. The van der Waals surface area contributed by atoms with Crippen molar-refractivity contribution in [2.24, 2.45) is 46.3 Å². The van der Waals surface area contributed by atoms with Gasteiger partial charge in [-0.3, -0.25) is 10.3 Å². The van der Waals surface area contributed by atoms with Gasteiger partial charge in [-0.2, -0.15) is 0 Å². The molecule has 0 aromatic carbocycles. The first-order valence-electron chi connectivity index (χ1n) is 15.3. The summed E-state index contributed by atoms with van der Waals surface area (Å²) in [6.45, 7) is 12.5. The fourth-order valence-electron chi connectivity index (χ4n) is 9.49. The predicted molar refractivity (Wildman–Crippen MR) is 151 cm³/mol. The highest BCUT2D eigenvalue weighted by molar-refractivity contribution is 5.84. The van der Waals surface area contributed by atoms with Gasteiger partial charge in [0.15, 0.2) is 0 Å². The Kier molecular flexibility index (Phi) is 7.76. The topological polar surface area (TPSA) is 51.2 Å². The van der Waals surface area contributed by atoms with Crippen molar-refractivity contribution >= 4 is 11.8 Å². The Labute approximate surface area is 225 Å². The Morgan fingerprint density at radius 2 is 1.84 bits per heavy atom. The third-order valence-corrected chi connectivity index (χ3v) is 11.5. The van der Waals surface area contributed by atoms with E-state index in [4.69, 9.17) is 4.74 Å². The molecule has 1 aromatic rings. The van der Waals surface area contributed by atoms with Gasteiger partial charge >= 0.3 is 6.09 Å². The number of rotatable bonds is 7. The molecule has 0 spiro atoms. The zero-order valence-corrected chi connectivity index (χ0v) is 24.0. The van der Waals surface area contributed by atoms with Crippen LogP contribution in [0.3, 0.4) is 0 Å². The molecule has 3 fully saturated rings. The van der Waals surface area contributed by atoms with Gasteiger partial charge in [0.05, 0.1) is 0 Å². The minimum Gasteiger partial charge on any atom is -0.446 e. The van der Waals surface area contributed by atoms with E-state index in [0.717, 1.165) is 60.5 Å². The summed E-state index contributed by atoms with van der Waals surface area (Å²) < 4.78 is 5.89. The van der Waals surface area contributed by atoms with E-state index < -0.39 is 0 Å². The van der Waals surface area contributed by atoms with Crippen molar-refractivity contribution in [2.75, 3.05) is 5.32 Å². The van der Waals surface area contributed by atoms with Gasteiger partial charge in [-0.15, -0.1) is 0 Å². The van der Waals surface area contributed by atoms with Gasteiger partial charge in [0.1, 0.15) is 6.10 Å². The quantitative estimate of drug-likeness (QED) is 0.375. The number of pyridine rings is 1. The number of aromatic nitrogens is 1.